The van der Waals surface area contributed by atoms with Gasteiger partial charge in [-0.1, -0.05) is 43.7 Å². The molecule has 1 aliphatic heterocycles. The molecule has 4 bridgehead atoms. The molecule has 5 aromatic rings. The maximum absolute atomic E-state index is 14.2. The molecule has 69 heavy (non-hydrogen) atoms. The van der Waals surface area contributed by atoms with Gasteiger partial charge < -0.3 is 19.5 Å². The number of pyridine rings is 1. The predicted octanol–water partition coefficient (Wildman–Crippen LogP) is 7.59. The Kier molecular flexibility index (Phi) is 13.8. The van der Waals surface area contributed by atoms with Crippen molar-refractivity contribution in [1.29, 1.82) is 0 Å². The third kappa shape index (κ3) is 10.9. The Morgan fingerprint density at radius 2 is 1.65 bits per heavy atom. The first kappa shape index (κ1) is 48.8. The fraction of sp³-hybridized carbons (Fsp3) is 0.560. The van der Waals surface area contributed by atoms with Gasteiger partial charge in [-0.15, -0.1) is 10.2 Å². The van der Waals surface area contributed by atoms with Crippen molar-refractivity contribution in [3.05, 3.63) is 77.0 Å². The average molecular weight is 982 g/mol. The van der Waals surface area contributed by atoms with E-state index in [0.29, 0.717) is 53.6 Å². The number of nitrogens with one attached hydrogen (secondary N) is 2. The van der Waals surface area contributed by atoms with Gasteiger partial charge in [-0.3, -0.25) is 24.0 Å². The number of aromatic nitrogens is 6. The first-order chi connectivity index (χ1) is 33.0. The number of nitrogens with zero attached hydrogens (tertiary/aromatic N) is 7. The maximum Gasteiger partial charge on any atom is 0.305 e. The van der Waals surface area contributed by atoms with Crippen molar-refractivity contribution in [2.24, 2.45) is 16.2 Å². The van der Waals surface area contributed by atoms with E-state index in [9.17, 15) is 22.8 Å². The van der Waals surface area contributed by atoms with Gasteiger partial charge in [0, 0.05) is 49.4 Å². The minimum Gasteiger partial charge on any atom is -0.466 e. The lowest BCUT2D eigenvalue weighted by Gasteiger charge is -2.69. The predicted molar refractivity (Wildman–Crippen MR) is 262 cm³/mol. The SMILES string of the molecule is CCOC(=O)CCCCCS(=O)(=O)NC(=O)c1nc(C(=O)c2cc(C)c(Nc3nc4ccccc4s3)nn2)ccc1-c1cnn(CC23CC4(OCCN5CCOCC5)C[C@](C)(C2)C[C@](C)(C3)C4)c1C. The number of fused-ring (bicyclic) bond motifs is 1. The van der Waals surface area contributed by atoms with Crippen LogP contribution < -0.4 is 10.0 Å². The number of morpholine rings is 1. The summed E-state index contributed by atoms with van der Waals surface area (Å²) in [6.45, 7) is 16.2. The summed E-state index contributed by atoms with van der Waals surface area (Å²) in [5.41, 5.74) is 2.83. The van der Waals surface area contributed by atoms with Gasteiger partial charge >= 0.3 is 5.97 Å². The van der Waals surface area contributed by atoms with E-state index < -0.39 is 21.7 Å². The number of hydrogen-bond acceptors (Lipinski definition) is 16. The molecular formula is C50H63N9O8S2. The highest BCUT2D eigenvalue weighted by Gasteiger charge is 2.66. The number of esters is 1. The fourth-order valence-corrected chi connectivity index (χ4v) is 14.6. The first-order valence-electron chi connectivity index (χ1n) is 24.2. The monoisotopic (exact) mass is 981 g/mol. The van der Waals surface area contributed by atoms with Crippen molar-refractivity contribution >= 4 is 60.2 Å². The number of ether oxygens (including phenoxy) is 3. The fourth-order valence-electron chi connectivity index (χ4n) is 12.6. The summed E-state index contributed by atoms with van der Waals surface area (Å²) in [4.78, 5) is 51.8. The maximum atomic E-state index is 14.2. The third-order valence-corrected chi connectivity index (χ3v) is 16.7. The zero-order valence-electron chi connectivity index (χ0n) is 40.3. The van der Waals surface area contributed by atoms with Gasteiger partial charge in [-0.25, -0.2) is 23.1 Å². The molecule has 2 N–H and O–H groups in total. The van der Waals surface area contributed by atoms with E-state index in [1.807, 2.05) is 35.9 Å². The van der Waals surface area contributed by atoms with Gasteiger partial charge in [-0.05, 0) is 124 Å². The molecule has 5 heterocycles. The van der Waals surface area contributed by atoms with Gasteiger partial charge in [0.15, 0.2) is 10.9 Å². The Balaban J connectivity index is 0.969. The Morgan fingerprint density at radius 3 is 2.39 bits per heavy atom. The number of amides is 1. The number of unbranched alkanes of at least 4 members (excludes halogenated alkanes) is 2. The highest BCUT2D eigenvalue weighted by molar-refractivity contribution is 7.90. The molecule has 4 atom stereocenters. The molecular weight excluding hydrogens is 919 g/mol. The molecule has 0 spiro atoms. The van der Waals surface area contributed by atoms with E-state index in [1.165, 1.54) is 23.8 Å². The molecule has 17 nitrogen and oxygen atoms in total. The molecule has 1 aromatic carbocycles. The number of para-hydroxylation sites is 1. The van der Waals surface area contributed by atoms with Crippen LogP contribution in [-0.4, -0.2) is 118 Å². The second-order valence-corrected chi connectivity index (χ2v) is 23.5. The molecule has 368 valence electrons. The molecule has 1 saturated heterocycles. The molecule has 5 fully saturated rings. The Hall–Kier alpha value is -5.21. The van der Waals surface area contributed by atoms with Crippen molar-refractivity contribution in [3.63, 3.8) is 0 Å². The van der Waals surface area contributed by atoms with E-state index >= 15 is 0 Å². The van der Waals surface area contributed by atoms with Gasteiger partial charge in [-0.2, -0.15) is 5.10 Å². The number of aryl methyl sites for hydroxylation is 1. The standard InChI is InChI=1S/C50H63N9O8S2/c1-6-66-41(60)14-8-7-11-23-69(63,64)57-45(62)42-35(15-16-38(52-42)43(61)39-24-33(2)44(56-55-39)54-46-53-37-12-9-10-13-40(37)68-46)36-25-51-59(34(36)3)32-49-27-47(4)26-48(5,28-49)30-50(29-47,31-49)67-22-19-58-17-20-65-21-18-58/h9-10,12-13,15-16,24-25H,6-8,11,14,17-23,26-32H2,1-5H3,(H,57,62)(H,53,54,56)/t47-,48+,49?,50?. The number of benzene rings is 1. The van der Waals surface area contributed by atoms with Crippen LogP contribution in [0.5, 0.6) is 0 Å². The number of rotatable bonds is 20. The molecule has 0 radical (unpaired) electrons. The van der Waals surface area contributed by atoms with E-state index in [-0.39, 0.29) is 70.1 Å². The topological polar surface area (TPSA) is 210 Å². The number of ketones is 1. The van der Waals surface area contributed by atoms with Crippen molar-refractivity contribution in [1.82, 2.24) is 39.6 Å². The molecule has 2 unspecified atom stereocenters. The van der Waals surface area contributed by atoms with Crippen molar-refractivity contribution in [3.8, 4) is 11.1 Å². The number of hydrogen-bond donors (Lipinski definition) is 2. The van der Waals surface area contributed by atoms with Crippen LogP contribution >= 0.6 is 11.3 Å². The zero-order valence-corrected chi connectivity index (χ0v) is 41.9. The lowest BCUT2D eigenvalue weighted by Crippen LogP contribution is -2.64. The lowest BCUT2D eigenvalue weighted by atomic mass is 9.39. The number of thiazole rings is 1. The summed E-state index contributed by atoms with van der Waals surface area (Å²) < 4.78 is 49.6. The Labute approximate surface area is 407 Å². The summed E-state index contributed by atoms with van der Waals surface area (Å²) in [6, 6.07) is 12.5. The summed E-state index contributed by atoms with van der Waals surface area (Å²) in [6.07, 6.45) is 9.32. The van der Waals surface area contributed by atoms with Gasteiger partial charge in [0.25, 0.3) is 5.91 Å². The normalized spacial score (nSPS) is 24.4. The van der Waals surface area contributed by atoms with Crippen LogP contribution in [0.15, 0.2) is 48.7 Å². The second kappa shape index (κ2) is 19.5. The van der Waals surface area contributed by atoms with Crippen molar-refractivity contribution in [2.75, 3.05) is 57.1 Å². The lowest BCUT2D eigenvalue weighted by molar-refractivity contribution is -0.249. The number of anilines is 2. The van der Waals surface area contributed by atoms with Crippen LogP contribution in [0.4, 0.5) is 10.9 Å². The average Bonchev–Trinajstić information content (AvgIpc) is 3.87. The van der Waals surface area contributed by atoms with Crippen LogP contribution in [0.2, 0.25) is 0 Å². The quantitative estimate of drug-likeness (QED) is 0.0437. The van der Waals surface area contributed by atoms with Gasteiger partial charge in [0.1, 0.15) is 17.1 Å². The first-order valence-corrected chi connectivity index (χ1v) is 26.6. The summed E-state index contributed by atoms with van der Waals surface area (Å²) >= 11 is 1.47. The molecule has 19 heteroatoms. The number of carbonyl (C=O) groups is 3. The molecule has 10 rings (SSSR count). The Bertz CT molecular complexity index is 2810. The van der Waals surface area contributed by atoms with E-state index in [0.717, 1.165) is 80.9 Å². The molecule has 4 aliphatic carbocycles. The van der Waals surface area contributed by atoms with Gasteiger partial charge in [0.2, 0.25) is 15.8 Å². The van der Waals surface area contributed by atoms with Crippen molar-refractivity contribution in [2.45, 2.75) is 111 Å². The largest absolute Gasteiger partial charge is 0.466 e. The highest BCUT2D eigenvalue weighted by Crippen LogP contribution is 2.72. The minimum absolute atomic E-state index is 0.00536. The molecule has 4 aromatic heterocycles. The van der Waals surface area contributed by atoms with Crippen LogP contribution in [0.1, 0.15) is 123 Å². The highest BCUT2D eigenvalue weighted by atomic mass is 32.2. The van der Waals surface area contributed by atoms with Gasteiger partial charge in [0.05, 0.1) is 54.2 Å². The summed E-state index contributed by atoms with van der Waals surface area (Å²) in [7, 11) is -4.15. The summed E-state index contributed by atoms with van der Waals surface area (Å²) in [5, 5.41) is 17.3. The zero-order chi connectivity index (χ0) is 48.6. The molecule has 5 aliphatic rings. The van der Waals surface area contributed by atoms with Crippen LogP contribution in [-0.2, 0) is 35.6 Å². The van der Waals surface area contributed by atoms with Crippen LogP contribution in [0.3, 0.4) is 0 Å². The molecule has 1 amide bonds. The van der Waals surface area contributed by atoms with E-state index in [2.05, 4.69) is 49.0 Å². The van der Waals surface area contributed by atoms with Crippen LogP contribution in [0, 0.1) is 30.1 Å². The second-order valence-electron chi connectivity index (χ2n) is 20.6. The minimum atomic E-state index is -4.15. The van der Waals surface area contributed by atoms with E-state index in [4.69, 9.17) is 19.3 Å². The van der Waals surface area contributed by atoms with Crippen LogP contribution in [0.25, 0.3) is 21.3 Å². The van der Waals surface area contributed by atoms with E-state index in [1.54, 1.807) is 32.2 Å². The molecule has 4 saturated carbocycles. The number of sulfonamides is 1. The third-order valence-electron chi connectivity index (χ3n) is 14.4. The summed E-state index contributed by atoms with van der Waals surface area (Å²) in [5.74, 6) is -1.84. The van der Waals surface area contributed by atoms with Crippen molar-refractivity contribution < 1.29 is 37.0 Å². The number of carbonyl (C=O) groups excluding carboxylic acids is 3. The smallest absolute Gasteiger partial charge is 0.305 e. The Morgan fingerprint density at radius 1 is 0.884 bits per heavy atom.